The van der Waals surface area contributed by atoms with Gasteiger partial charge >= 0.3 is 0 Å². The zero-order chi connectivity index (χ0) is 14.2. The molecule has 0 aromatic heterocycles. The Morgan fingerprint density at radius 3 is 2.50 bits per heavy atom. The number of nitrogens with one attached hydrogen (secondary N) is 1. The highest BCUT2D eigenvalue weighted by Crippen LogP contribution is 2.12. The fourth-order valence-electron chi connectivity index (χ4n) is 2.01. The predicted molar refractivity (Wildman–Crippen MR) is 83.9 cm³/mol. The van der Waals surface area contributed by atoms with E-state index in [0.29, 0.717) is 6.61 Å². The fourth-order valence-corrected chi connectivity index (χ4v) is 2.01. The van der Waals surface area contributed by atoms with Crippen LogP contribution in [-0.4, -0.2) is 6.61 Å². The van der Waals surface area contributed by atoms with E-state index in [9.17, 15) is 0 Å². The van der Waals surface area contributed by atoms with Gasteiger partial charge in [0.2, 0.25) is 0 Å². The van der Waals surface area contributed by atoms with Crippen molar-refractivity contribution in [2.75, 3.05) is 6.61 Å². The number of hydrogen-bond donors (Lipinski definition) is 1. The highest BCUT2D eigenvalue weighted by Gasteiger charge is 1.98. The van der Waals surface area contributed by atoms with Gasteiger partial charge in [-0.2, -0.15) is 0 Å². The Morgan fingerprint density at radius 2 is 1.80 bits per heavy atom. The van der Waals surface area contributed by atoms with Crippen LogP contribution in [0.5, 0.6) is 5.75 Å². The van der Waals surface area contributed by atoms with Gasteiger partial charge in [-0.05, 0) is 35.7 Å². The SMILES string of the molecule is C=CCOc1ccc(CNCc2ccccc2C)cc1. The minimum absolute atomic E-state index is 0.547. The maximum absolute atomic E-state index is 5.46. The average molecular weight is 267 g/mol. The van der Waals surface area contributed by atoms with Crippen molar-refractivity contribution in [1.29, 1.82) is 0 Å². The van der Waals surface area contributed by atoms with Gasteiger partial charge in [0.25, 0.3) is 0 Å². The van der Waals surface area contributed by atoms with Crippen LogP contribution in [0.2, 0.25) is 0 Å². The Hall–Kier alpha value is -2.06. The Kier molecular flexibility index (Phi) is 5.39. The average Bonchev–Trinajstić information content (AvgIpc) is 2.48. The van der Waals surface area contributed by atoms with Crippen LogP contribution in [0.25, 0.3) is 0 Å². The van der Waals surface area contributed by atoms with Gasteiger partial charge in [-0.15, -0.1) is 0 Å². The molecule has 0 aliphatic heterocycles. The third-order valence-corrected chi connectivity index (χ3v) is 3.20. The summed E-state index contributed by atoms with van der Waals surface area (Å²) in [7, 11) is 0. The van der Waals surface area contributed by atoms with Crippen LogP contribution in [0.3, 0.4) is 0 Å². The van der Waals surface area contributed by atoms with Crippen molar-refractivity contribution in [3.8, 4) is 5.75 Å². The molecule has 20 heavy (non-hydrogen) atoms. The number of benzene rings is 2. The van der Waals surface area contributed by atoms with Gasteiger partial charge in [-0.1, -0.05) is 49.1 Å². The maximum Gasteiger partial charge on any atom is 0.119 e. The lowest BCUT2D eigenvalue weighted by Gasteiger charge is -2.08. The van der Waals surface area contributed by atoms with Crippen molar-refractivity contribution >= 4 is 0 Å². The summed E-state index contributed by atoms with van der Waals surface area (Å²) in [5, 5.41) is 3.46. The molecule has 0 heterocycles. The van der Waals surface area contributed by atoms with Gasteiger partial charge in [-0.25, -0.2) is 0 Å². The smallest absolute Gasteiger partial charge is 0.119 e. The number of hydrogen-bond acceptors (Lipinski definition) is 2. The summed E-state index contributed by atoms with van der Waals surface area (Å²) >= 11 is 0. The first-order valence-electron chi connectivity index (χ1n) is 6.87. The summed E-state index contributed by atoms with van der Waals surface area (Å²) in [5.41, 5.74) is 3.93. The standard InChI is InChI=1S/C18H21NO/c1-3-12-20-18-10-8-16(9-11-18)13-19-14-17-7-5-4-6-15(17)2/h3-11,19H,1,12-14H2,2H3. The third-order valence-electron chi connectivity index (χ3n) is 3.20. The summed E-state index contributed by atoms with van der Waals surface area (Å²) in [6, 6.07) is 16.6. The first-order chi connectivity index (χ1) is 9.79. The van der Waals surface area contributed by atoms with Crippen LogP contribution in [0, 0.1) is 6.92 Å². The zero-order valence-electron chi connectivity index (χ0n) is 11.9. The van der Waals surface area contributed by atoms with Gasteiger partial charge in [0.1, 0.15) is 12.4 Å². The van der Waals surface area contributed by atoms with Gasteiger partial charge in [0.05, 0.1) is 0 Å². The summed E-state index contributed by atoms with van der Waals surface area (Å²) in [4.78, 5) is 0. The molecule has 2 aromatic carbocycles. The van der Waals surface area contributed by atoms with Crippen molar-refractivity contribution in [1.82, 2.24) is 5.32 Å². The molecule has 2 heteroatoms. The van der Waals surface area contributed by atoms with E-state index in [1.807, 2.05) is 12.1 Å². The second kappa shape index (κ2) is 7.51. The van der Waals surface area contributed by atoms with Gasteiger partial charge in [-0.3, -0.25) is 0 Å². The molecule has 0 atom stereocenters. The molecule has 0 spiro atoms. The quantitative estimate of drug-likeness (QED) is 0.769. The Balaban J connectivity index is 1.82. The first kappa shape index (κ1) is 14.4. The van der Waals surface area contributed by atoms with Crippen molar-refractivity contribution in [2.24, 2.45) is 0 Å². The molecule has 0 saturated heterocycles. The molecular formula is C18H21NO. The lowest BCUT2D eigenvalue weighted by atomic mass is 10.1. The Morgan fingerprint density at radius 1 is 1.05 bits per heavy atom. The molecule has 1 N–H and O–H groups in total. The van der Waals surface area contributed by atoms with Crippen LogP contribution in [0.15, 0.2) is 61.2 Å². The summed E-state index contributed by atoms with van der Waals surface area (Å²) in [6.45, 7) is 8.07. The topological polar surface area (TPSA) is 21.3 Å². The second-order valence-corrected chi connectivity index (χ2v) is 4.77. The number of aryl methyl sites for hydroxylation is 1. The molecule has 2 rings (SSSR count). The molecule has 0 aliphatic carbocycles. The van der Waals surface area contributed by atoms with Crippen LogP contribution >= 0.6 is 0 Å². The molecule has 104 valence electrons. The van der Waals surface area contributed by atoms with E-state index in [1.165, 1.54) is 16.7 Å². The maximum atomic E-state index is 5.46. The minimum Gasteiger partial charge on any atom is -0.490 e. The second-order valence-electron chi connectivity index (χ2n) is 4.77. The number of rotatable bonds is 7. The molecule has 2 nitrogen and oxygen atoms in total. The Labute approximate surface area is 121 Å². The highest BCUT2D eigenvalue weighted by molar-refractivity contribution is 5.28. The van der Waals surface area contributed by atoms with E-state index in [1.54, 1.807) is 6.08 Å². The van der Waals surface area contributed by atoms with Crippen LogP contribution in [-0.2, 0) is 13.1 Å². The first-order valence-corrected chi connectivity index (χ1v) is 6.87. The van der Waals surface area contributed by atoms with Gasteiger partial charge in [0, 0.05) is 13.1 Å². The molecule has 0 aliphatic rings. The van der Waals surface area contributed by atoms with Crippen molar-refractivity contribution in [2.45, 2.75) is 20.0 Å². The van der Waals surface area contributed by atoms with E-state index >= 15 is 0 Å². The molecule has 0 bridgehead atoms. The van der Waals surface area contributed by atoms with E-state index in [4.69, 9.17) is 4.74 Å². The summed E-state index contributed by atoms with van der Waals surface area (Å²) in [6.07, 6.45) is 1.75. The minimum atomic E-state index is 0.547. The van der Waals surface area contributed by atoms with E-state index < -0.39 is 0 Å². The molecule has 0 fully saturated rings. The normalized spacial score (nSPS) is 10.2. The molecule has 0 radical (unpaired) electrons. The van der Waals surface area contributed by atoms with E-state index in [-0.39, 0.29) is 0 Å². The van der Waals surface area contributed by atoms with E-state index in [0.717, 1.165) is 18.8 Å². The lowest BCUT2D eigenvalue weighted by molar-refractivity contribution is 0.363. The predicted octanol–water partition coefficient (Wildman–Crippen LogP) is 3.85. The molecule has 0 saturated carbocycles. The fraction of sp³-hybridized carbons (Fsp3) is 0.222. The van der Waals surface area contributed by atoms with Crippen molar-refractivity contribution in [3.05, 3.63) is 77.9 Å². The van der Waals surface area contributed by atoms with Crippen LogP contribution in [0.1, 0.15) is 16.7 Å². The lowest BCUT2D eigenvalue weighted by Crippen LogP contribution is -2.13. The zero-order valence-corrected chi connectivity index (χ0v) is 11.9. The number of ether oxygens (including phenoxy) is 1. The van der Waals surface area contributed by atoms with Crippen LogP contribution in [0.4, 0.5) is 0 Å². The molecule has 0 unspecified atom stereocenters. The largest absolute Gasteiger partial charge is 0.490 e. The molecule has 0 amide bonds. The van der Waals surface area contributed by atoms with E-state index in [2.05, 4.69) is 55.2 Å². The molecular weight excluding hydrogens is 246 g/mol. The Bertz CT molecular complexity index is 546. The summed E-state index contributed by atoms with van der Waals surface area (Å²) in [5.74, 6) is 0.882. The monoisotopic (exact) mass is 267 g/mol. The summed E-state index contributed by atoms with van der Waals surface area (Å²) < 4.78 is 5.46. The molecule has 2 aromatic rings. The van der Waals surface area contributed by atoms with Gasteiger partial charge in [0.15, 0.2) is 0 Å². The third kappa shape index (κ3) is 4.25. The van der Waals surface area contributed by atoms with Crippen LogP contribution < -0.4 is 10.1 Å². The van der Waals surface area contributed by atoms with Crippen molar-refractivity contribution in [3.63, 3.8) is 0 Å². The highest BCUT2D eigenvalue weighted by atomic mass is 16.5. The van der Waals surface area contributed by atoms with Gasteiger partial charge < -0.3 is 10.1 Å². The van der Waals surface area contributed by atoms with Crippen molar-refractivity contribution < 1.29 is 4.74 Å².